The van der Waals surface area contributed by atoms with Crippen molar-refractivity contribution in [2.24, 2.45) is 0 Å². The molecule has 0 spiro atoms. The van der Waals surface area contributed by atoms with Crippen molar-refractivity contribution in [1.29, 1.82) is 0 Å². The third kappa shape index (κ3) is 6.79. The highest BCUT2D eigenvalue weighted by molar-refractivity contribution is 6.12. The normalized spacial score (nSPS) is 12.9. The molecule has 0 unspecified atom stereocenters. The summed E-state index contributed by atoms with van der Waals surface area (Å²) < 4.78 is 10.7. The van der Waals surface area contributed by atoms with Crippen LogP contribution in [0.5, 0.6) is 0 Å². The minimum Gasteiger partial charge on any atom is -0.422 e. The topological polar surface area (TPSA) is 138 Å². The van der Waals surface area contributed by atoms with Crippen molar-refractivity contribution in [2.45, 2.75) is 20.3 Å². The zero-order chi connectivity index (χ0) is 26.1. The van der Waals surface area contributed by atoms with Gasteiger partial charge in [-0.15, -0.1) is 0 Å². The monoisotopic (exact) mass is 498 g/mol. The van der Waals surface area contributed by atoms with E-state index in [4.69, 9.17) is 9.15 Å². The fourth-order valence-corrected chi connectivity index (χ4v) is 3.68. The summed E-state index contributed by atoms with van der Waals surface area (Å²) in [6, 6.07) is 7.01. The molecule has 0 bridgehead atoms. The molecule has 11 nitrogen and oxygen atoms in total. The summed E-state index contributed by atoms with van der Waals surface area (Å²) in [6.45, 7) is 6.37. The lowest BCUT2D eigenvalue weighted by Crippen LogP contribution is -2.36. The van der Waals surface area contributed by atoms with Crippen molar-refractivity contribution >= 4 is 40.3 Å². The summed E-state index contributed by atoms with van der Waals surface area (Å²) in [6.07, 6.45) is 2.48. The lowest BCUT2D eigenvalue weighted by atomic mass is 10.1. The van der Waals surface area contributed by atoms with Gasteiger partial charge in [-0.1, -0.05) is 0 Å². The Balaban J connectivity index is 1.38. The average molecular weight is 499 g/mol. The van der Waals surface area contributed by atoms with Crippen LogP contribution in [0.2, 0.25) is 0 Å². The number of nitrogens with zero attached hydrogens (tertiary/aromatic N) is 2. The summed E-state index contributed by atoms with van der Waals surface area (Å²) in [4.78, 5) is 62.7. The average Bonchev–Trinajstić information content (AvgIpc) is 3.18. The Morgan fingerprint density at radius 1 is 0.972 bits per heavy atom. The van der Waals surface area contributed by atoms with Crippen LogP contribution in [0.25, 0.3) is 11.0 Å². The molecule has 2 aromatic rings. The molecule has 0 fully saturated rings. The molecule has 2 N–H and O–H groups in total. The van der Waals surface area contributed by atoms with Crippen LogP contribution in [-0.2, 0) is 19.1 Å². The molecule has 4 amide bonds. The Labute approximate surface area is 208 Å². The summed E-state index contributed by atoms with van der Waals surface area (Å²) >= 11 is 0. The summed E-state index contributed by atoms with van der Waals surface area (Å²) in [5.41, 5.74) is 0.503. The maximum Gasteiger partial charge on any atom is 0.349 e. The SMILES string of the molecule is CCN(CC)c1ccc2cc(C(=O)NCCNC(=O)CCOCCN3C(=O)C=CC3=O)c(=O)oc2c1. The van der Waals surface area contributed by atoms with Crippen molar-refractivity contribution in [2.75, 3.05) is 50.8 Å². The first kappa shape index (κ1) is 26.6. The molecule has 0 aliphatic carbocycles. The van der Waals surface area contributed by atoms with Gasteiger partial charge in [-0.05, 0) is 32.0 Å². The molecule has 0 saturated carbocycles. The predicted molar refractivity (Wildman–Crippen MR) is 133 cm³/mol. The van der Waals surface area contributed by atoms with Gasteiger partial charge in [0.2, 0.25) is 5.91 Å². The van der Waals surface area contributed by atoms with Crippen molar-refractivity contribution in [3.8, 4) is 0 Å². The predicted octanol–water partition coefficient (Wildman–Crippen LogP) is 0.817. The molecule has 0 atom stereocenters. The van der Waals surface area contributed by atoms with E-state index in [0.29, 0.717) is 11.0 Å². The van der Waals surface area contributed by atoms with Gasteiger partial charge in [0, 0.05) is 61.9 Å². The second-order valence-corrected chi connectivity index (χ2v) is 7.97. The van der Waals surface area contributed by atoms with Gasteiger partial charge >= 0.3 is 5.63 Å². The minimum atomic E-state index is -0.731. The molecular formula is C25H30N4O7. The molecule has 1 aromatic heterocycles. The number of carbonyl (C=O) groups is 4. The van der Waals surface area contributed by atoms with Gasteiger partial charge in [0.15, 0.2) is 0 Å². The highest BCUT2D eigenvalue weighted by atomic mass is 16.5. The van der Waals surface area contributed by atoms with Crippen LogP contribution >= 0.6 is 0 Å². The molecule has 3 rings (SSSR count). The highest BCUT2D eigenvalue weighted by Gasteiger charge is 2.22. The van der Waals surface area contributed by atoms with Crippen molar-refractivity contribution in [3.05, 3.63) is 52.4 Å². The van der Waals surface area contributed by atoms with Gasteiger partial charge in [-0.25, -0.2) is 4.79 Å². The maximum atomic E-state index is 12.5. The van der Waals surface area contributed by atoms with Crippen molar-refractivity contribution < 1.29 is 28.3 Å². The number of anilines is 1. The van der Waals surface area contributed by atoms with Gasteiger partial charge in [0.25, 0.3) is 17.7 Å². The number of fused-ring (bicyclic) bond motifs is 1. The Kier molecular flexibility index (Phi) is 9.34. The van der Waals surface area contributed by atoms with E-state index in [9.17, 15) is 24.0 Å². The smallest absolute Gasteiger partial charge is 0.349 e. The van der Waals surface area contributed by atoms with Crippen LogP contribution in [0.3, 0.4) is 0 Å². The van der Waals surface area contributed by atoms with Crippen molar-refractivity contribution in [1.82, 2.24) is 15.5 Å². The third-order valence-corrected chi connectivity index (χ3v) is 5.66. The number of benzene rings is 1. The highest BCUT2D eigenvalue weighted by Crippen LogP contribution is 2.22. The van der Waals surface area contributed by atoms with Gasteiger partial charge in [0.1, 0.15) is 11.1 Å². The molecule has 2 heterocycles. The number of nitrogens with one attached hydrogen (secondary N) is 2. The first-order valence-electron chi connectivity index (χ1n) is 11.8. The summed E-state index contributed by atoms with van der Waals surface area (Å²) in [5, 5.41) is 5.87. The largest absolute Gasteiger partial charge is 0.422 e. The van der Waals surface area contributed by atoms with Gasteiger partial charge < -0.3 is 24.7 Å². The maximum absolute atomic E-state index is 12.5. The number of carbonyl (C=O) groups excluding carboxylic acids is 4. The zero-order valence-corrected chi connectivity index (χ0v) is 20.4. The van der Waals surface area contributed by atoms with Gasteiger partial charge in [-0.2, -0.15) is 0 Å². The van der Waals surface area contributed by atoms with Crippen LogP contribution < -0.4 is 21.2 Å². The number of rotatable bonds is 13. The number of amides is 4. The number of imide groups is 1. The van der Waals surface area contributed by atoms with E-state index in [1.54, 1.807) is 6.07 Å². The Hall–Kier alpha value is -3.99. The van der Waals surface area contributed by atoms with Gasteiger partial charge in [-0.3, -0.25) is 24.1 Å². The van der Waals surface area contributed by atoms with E-state index in [1.165, 1.54) is 18.2 Å². The second-order valence-electron chi connectivity index (χ2n) is 7.97. The first-order valence-corrected chi connectivity index (χ1v) is 11.8. The van der Waals surface area contributed by atoms with Gasteiger partial charge in [0.05, 0.1) is 19.8 Å². The molecule has 1 aliphatic heterocycles. The lowest BCUT2D eigenvalue weighted by molar-refractivity contribution is -0.138. The van der Waals surface area contributed by atoms with Crippen LogP contribution in [0.1, 0.15) is 30.6 Å². The molecule has 36 heavy (non-hydrogen) atoms. The van der Waals surface area contributed by atoms with E-state index in [-0.39, 0.29) is 62.6 Å². The molecule has 11 heteroatoms. The van der Waals surface area contributed by atoms with E-state index in [0.717, 1.165) is 23.7 Å². The molecule has 192 valence electrons. The third-order valence-electron chi connectivity index (χ3n) is 5.66. The standard InChI is InChI=1S/C25H30N4O7/c1-3-28(4-2)18-6-5-17-15-19(25(34)36-20(17)16-18)24(33)27-11-10-26-21(30)9-13-35-14-12-29-22(31)7-8-23(29)32/h5-8,15-16H,3-4,9-14H2,1-2H3,(H,26,30)(H,27,33). The Morgan fingerprint density at radius 3 is 2.36 bits per heavy atom. The Morgan fingerprint density at radius 2 is 1.67 bits per heavy atom. The number of hydrogen-bond acceptors (Lipinski definition) is 8. The second kappa shape index (κ2) is 12.6. The van der Waals surface area contributed by atoms with E-state index < -0.39 is 11.5 Å². The number of ether oxygens (including phenoxy) is 1. The quantitative estimate of drug-likeness (QED) is 0.235. The van der Waals surface area contributed by atoms with Crippen molar-refractivity contribution in [3.63, 3.8) is 0 Å². The Bertz CT molecular complexity index is 1200. The lowest BCUT2D eigenvalue weighted by Gasteiger charge is -2.21. The first-order chi connectivity index (χ1) is 17.3. The fraction of sp³-hybridized carbons (Fsp3) is 0.400. The summed E-state index contributed by atoms with van der Waals surface area (Å²) in [5.74, 6) is -1.63. The van der Waals surface area contributed by atoms with Crippen LogP contribution in [0.4, 0.5) is 5.69 Å². The van der Waals surface area contributed by atoms with E-state index in [1.807, 2.05) is 26.0 Å². The molecule has 1 aliphatic rings. The summed E-state index contributed by atoms with van der Waals surface area (Å²) in [7, 11) is 0. The van der Waals surface area contributed by atoms with Crippen LogP contribution in [-0.4, -0.2) is 74.5 Å². The minimum absolute atomic E-state index is 0.0812. The van der Waals surface area contributed by atoms with Crippen LogP contribution in [0.15, 0.2) is 45.6 Å². The molecule has 0 radical (unpaired) electrons. The molecule has 0 saturated heterocycles. The fourth-order valence-electron chi connectivity index (χ4n) is 3.68. The molecular weight excluding hydrogens is 468 g/mol. The zero-order valence-electron chi connectivity index (χ0n) is 20.4. The molecule has 1 aromatic carbocycles. The van der Waals surface area contributed by atoms with E-state index in [2.05, 4.69) is 15.5 Å². The van der Waals surface area contributed by atoms with E-state index >= 15 is 0 Å². The number of hydrogen-bond donors (Lipinski definition) is 2. The van der Waals surface area contributed by atoms with Crippen LogP contribution in [0, 0.1) is 0 Å².